The number of piperidine rings is 1. The summed E-state index contributed by atoms with van der Waals surface area (Å²) in [7, 11) is 0. The SMILES string of the molecule is CC(=O)C(C)OC(=O)C1CCN(C(=O)OC(C)(C)C)CC1. The maximum Gasteiger partial charge on any atom is 0.410 e. The van der Waals surface area contributed by atoms with Crippen molar-refractivity contribution in [3.63, 3.8) is 0 Å². The standard InChI is InChI=1S/C15H25NO5/c1-10(17)11(2)20-13(18)12-6-8-16(9-7-12)14(19)21-15(3,4)5/h11-12H,6-9H2,1-5H3. The Bertz CT molecular complexity index is 405. The van der Waals surface area contributed by atoms with Crippen LogP contribution in [0.25, 0.3) is 0 Å². The number of nitrogens with zero attached hydrogens (tertiary/aromatic N) is 1. The van der Waals surface area contributed by atoms with Crippen molar-refractivity contribution in [3.05, 3.63) is 0 Å². The number of amides is 1. The van der Waals surface area contributed by atoms with Crippen LogP contribution in [0.15, 0.2) is 0 Å². The van der Waals surface area contributed by atoms with Gasteiger partial charge >= 0.3 is 12.1 Å². The molecule has 0 saturated carbocycles. The second-order valence-electron chi connectivity index (χ2n) is 6.43. The highest BCUT2D eigenvalue weighted by atomic mass is 16.6. The summed E-state index contributed by atoms with van der Waals surface area (Å²) in [5.41, 5.74) is -0.524. The molecule has 120 valence electrons. The van der Waals surface area contributed by atoms with E-state index in [0.29, 0.717) is 25.9 Å². The summed E-state index contributed by atoms with van der Waals surface area (Å²) < 4.78 is 10.4. The van der Waals surface area contributed by atoms with Crippen molar-refractivity contribution in [3.8, 4) is 0 Å². The van der Waals surface area contributed by atoms with Crippen LogP contribution in [0, 0.1) is 5.92 Å². The van der Waals surface area contributed by atoms with Crippen LogP contribution in [0.2, 0.25) is 0 Å². The van der Waals surface area contributed by atoms with Gasteiger partial charge in [-0.25, -0.2) is 4.79 Å². The average Bonchev–Trinajstić information content (AvgIpc) is 2.36. The van der Waals surface area contributed by atoms with Gasteiger partial charge in [0.2, 0.25) is 0 Å². The molecule has 0 radical (unpaired) electrons. The molecule has 0 aromatic heterocycles. The normalized spacial score (nSPS) is 18.0. The van der Waals surface area contributed by atoms with E-state index in [2.05, 4.69) is 0 Å². The summed E-state index contributed by atoms with van der Waals surface area (Å²) in [6.45, 7) is 9.33. The molecule has 1 rings (SSSR count). The molecule has 6 nitrogen and oxygen atoms in total. The van der Waals surface area contributed by atoms with E-state index < -0.39 is 11.7 Å². The van der Waals surface area contributed by atoms with E-state index in [1.807, 2.05) is 20.8 Å². The van der Waals surface area contributed by atoms with Crippen LogP contribution in [0.4, 0.5) is 4.79 Å². The zero-order chi connectivity index (χ0) is 16.2. The zero-order valence-corrected chi connectivity index (χ0v) is 13.5. The van der Waals surface area contributed by atoms with Gasteiger partial charge in [0.15, 0.2) is 11.9 Å². The molecule has 1 heterocycles. The van der Waals surface area contributed by atoms with Crippen LogP contribution in [0.1, 0.15) is 47.5 Å². The fraction of sp³-hybridized carbons (Fsp3) is 0.800. The smallest absolute Gasteiger partial charge is 0.410 e. The van der Waals surface area contributed by atoms with Gasteiger partial charge in [-0.15, -0.1) is 0 Å². The topological polar surface area (TPSA) is 72.9 Å². The van der Waals surface area contributed by atoms with E-state index in [1.165, 1.54) is 6.92 Å². The lowest BCUT2D eigenvalue weighted by Gasteiger charge is -2.32. The van der Waals surface area contributed by atoms with E-state index in [4.69, 9.17) is 9.47 Å². The summed E-state index contributed by atoms with van der Waals surface area (Å²) in [5.74, 6) is -0.790. The molecule has 1 atom stereocenters. The minimum atomic E-state index is -0.707. The molecule has 1 unspecified atom stereocenters. The number of carbonyl (C=O) groups excluding carboxylic acids is 3. The molecule has 1 aliphatic heterocycles. The predicted molar refractivity (Wildman–Crippen MR) is 76.8 cm³/mol. The minimum absolute atomic E-state index is 0.172. The third kappa shape index (κ3) is 5.73. The second-order valence-corrected chi connectivity index (χ2v) is 6.43. The summed E-state index contributed by atoms with van der Waals surface area (Å²) in [5, 5.41) is 0. The van der Waals surface area contributed by atoms with Gasteiger partial charge in [-0.1, -0.05) is 0 Å². The van der Waals surface area contributed by atoms with E-state index in [-0.39, 0.29) is 23.8 Å². The molecule has 1 saturated heterocycles. The van der Waals surface area contributed by atoms with Crippen molar-refractivity contribution in [2.75, 3.05) is 13.1 Å². The number of ketones is 1. The molecule has 1 amide bonds. The highest BCUT2D eigenvalue weighted by Gasteiger charge is 2.31. The van der Waals surface area contributed by atoms with Crippen LogP contribution < -0.4 is 0 Å². The number of ether oxygens (including phenoxy) is 2. The molecular weight excluding hydrogens is 274 g/mol. The van der Waals surface area contributed by atoms with Crippen LogP contribution in [0.5, 0.6) is 0 Å². The quantitative estimate of drug-likeness (QED) is 0.747. The Morgan fingerprint density at radius 2 is 1.67 bits per heavy atom. The molecular formula is C15H25NO5. The monoisotopic (exact) mass is 299 g/mol. The van der Waals surface area contributed by atoms with E-state index in [0.717, 1.165) is 0 Å². The minimum Gasteiger partial charge on any atom is -0.454 e. The highest BCUT2D eigenvalue weighted by molar-refractivity contribution is 5.83. The van der Waals surface area contributed by atoms with Crippen molar-refractivity contribution < 1.29 is 23.9 Å². The first-order valence-corrected chi connectivity index (χ1v) is 7.29. The van der Waals surface area contributed by atoms with Crippen molar-refractivity contribution in [1.82, 2.24) is 4.90 Å². The second kappa shape index (κ2) is 6.91. The van der Waals surface area contributed by atoms with Crippen LogP contribution >= 0.6 is 0 Å². The maximum atomic E-state index is 11.9. The Morgan fingerprint density at radius 1 is 1.14 bits per heavy atom. The Morgan fingerprint density at radius 3 is 2.10 bits per heavy atom. The first kappa shape index (κ1) is 17.5. The number of likely N-dealkylation sites (tertiary alicyclic amines) is 1. The molecule has 0 aliphatic carbocycles. The lowest BCUT2D eigenvalue weighted by atomic mass is 9.97. The third-order valence-corrected chi connectivity index (χ3v) is 3.35. The highest BCUT2D eigenvalue weighted by Crippen LogP contribution is 2.21. The van der Waals surface area contributed by atoms with E-state index in [9.17, 15) is 14.4 Å². The van der Waals surface area contributed by atoms with E-state index >= 15 is 0 Å². The lowest BCUT2D eigenvalue weighted by Crippen LogP contribution is -2.43. The van der Waals surface area contributed by atoms with Crippen molar-refractivity contribution in [1.29, 1.82) is 0 Å². The number of esters is 1. The Kier molecular flexibility index (Phi) is 5.75. The molecule has 0 aromatic rings. The fourth-order valence-electron chi connectivity index (χ4n) is 1.98. The molecule has 0 N–H and O–H groups in total. The zero-order valence-electron chi connectivity index (χ0n) is 13.5. The van der Waals surface area contributed by atoms with E-state index in [1.54, 1.807) is 11.8 Å². The van der Waals surface area contributed by atoms with Gasteiger partial charge in [0, 0.05) is 13.1 Å². The molecule has 6 heteroatoms. The molecule has 0 aromatic carbocycles. The van der Waals surface area contributed by atoms with Gasteiger partial charge in [0.1, 0.15) is 5.60 Å². The summed E-state index contributed by atoms with van der Waals surface area (Å²) in [4.78, 5) is 36.5. The van der Waals surface area contributed by atoms with Gasteiger partial charge in [-0.3, -0.25) is 9.59 Å². The number of rotatable bonds is 3. The van der Waals surface area contributed by atoms with Gasteiger partial charge in [0.05, 0.1) is 5.92 Å². The summed E-state index contributed by atoms with van der Waals surface area (Å²) in [6.07, 6.45) is -0.00130. The number of hydrogen-bond donors (Lipinski definition) is 0. The first-order chi connectivity index (χ1) is 9.60. The Balaban J connectivity index is 2.43. The lowest BCUT2D eigenvalue weighted by molar-refractivity contribution is -0.158. The van der Waals surface area contributed by atoms with Gasteiger partial charge < -0.3 is 14.4 Å². The largest absolute Gasteiger partial charge is 0.454 e. The Hall–Kier alpha value is -1.59. The van der Waals surface area contributed by atoms with Crippen LogP contribution in [-0.4, -0.2) is 47.5 Å². The molecule has 21 heavy (non-hydrogen) atoms. The summed E-state index contributed by atoms with van der Waals surface area (Å²) in [6, 6.07) is 0. The first-order valence-electron chi connectivity index (χ1n) is 7.29. The van der Waals surface area contributed by atoms with Gasteiger partial charge in [-0.2, -0.15) is 0 Å². The predicted octanol–water partition coefficient (Wildman–Crippen LogP) is 2.15. The molecule has 0 bridgehead atoms. The molecule has 0 spiro atoms. The van der Waals surface area contributed by atoms with Crippen molar-refractivity contribution in [2.45, 2.75) is 59.2 Å². The maximum absolute atomic E-state index is 11.9. The average molecular weight is 299 g/mol. The van der Waals surface area contributed by atoms with Gasteiger partial charge in [-0.05, 0) is 47.5 Å². The molecule has 1 aliphatic rings. The number of carbonyl (C=O) groups is 3. The number of Topliss-reactive ketones (excluding diaryl/α,β-unsaturated/α-hetero) is 1. The number of hydrogen-bond acceptors (Lipinski definition) is 5. The Labute approximate surface area is 125 Å². The third-order valence-electron chi connectivity index (χ3n) is 3.35. The van der Waals surface area contributed by atoms with Crippen molar-refractivity contribution >= 4 is 17.8 Å². The van der Waals surface area contributed by atoms with Crippen LogP contribution in [0.3, 0.4) is 0 Å². The summed E-state index contributed by atoms with van der Waals surface area (Å²) >= 11 is 0. The molecule has 1 fully saturated rings. The fourth-order valence-corrected chi connectivity index (χ4v) is 1.98. The van der Waals surface area contributed by atoms with Gasteiger partial charge in [0.25, 0.3) is 0 Å². The van der Waals surface area contributed by atoms with Crippen molar-refractivity contribution in [2.24, 2.45) is 5.92 Å². The van der Waals surface area contributed by atoms with Crippen LogP contribution in [-0.2, 0) is 19.1 Å².